The smallest absolute Gasteiger partial charge is 0.481 e. The second kappa shape index (κ2) is 21.9. The van der Waals surface area contributed by atoms with E-state index < -0.39 is 52.6 Å². The van der Waals surface area contributed by atoms with Crippen LogP contribution in [0.25, 0.3) is 0 Å². The molecule has 77 heavy (non-hydrogen) atoms. The van der Waals surface area contributed by atoms with Crippen LogP contribution in [0.3, 0.4) is 0 Å². The molecule has 8 aliphatic carbocycles. The molecule has 0 radical (unpaired) electrons. The highest BCUT2D eigenvalue weighted by Crippen LogP contribution is 2.70. The van der Waals surface area contributed by atoms with Gasteiger partial charge in [-0.2, -0.15) is 0 Å². The molecule has 1 aromatic carbocycles. The Bertz CT molecular complexity index is 2520. The van der Waals surface area contributed by atoms with Crippen molar-refractivity contribution in [1.82, 2.24) is 5.32 Å². The maximum absolute atomic E-state index is 13.7. The fourth-order valence-electron chi connectivity index (χ4n) is 17.9. The van der Waals surface area contributed by atoms with Gasteiger partial charge in [0.05, 0.1) is 24.9 Å². The molecular weight excluding hydrogens is 973 g/mol. The van der Waals surface area contributed by atoms with Gasteiger partial charge in [0, 0.05) is 55.9 Å². The third-order valence-corrected chi connectivity index (χ3v) is 21.9. The van der Waals surface area contributed by atoms with Crippen molar-refractivity contribution >= 4 is 29.7 Å². The van der Waals surface area contributed by atoms with E-state index in [1.807, 2.05) is 13.0 Å². The summed E-state index contributed by atoms with van der Waals surface area (Å²) in [5.41, 5.74) is 3.56. The van der Waals surface area contributed by atoms with Crippen LogP contribution < -0.4 is 10.2 Å². The van der Waals surface area contributed by atoms with Gasteiger partial charge in [0.1, 0.15) is 17.3 Å². The highest BCUT2D eigenvalue weighted by atomic mass is 16.7. The number of nitrogens with zero attached hydrogens (tertiary/aromatic N) is 1. The third-order valence-electron chi connectivity index (χ3n) is 21.9. The van der Waals surface area contributed by atoms with E-state index in [1.165, 1.54) is 22.3 Å². The van der Waals surface area contributed by atoms with Crippen molar-refractivity contribution in [3.8, 4) is 11.8 Å². The number of benzene rings is 1. The zero-order valence-corrected chi connectivity index (χ0v) is 48.1. The monoisotopic (exact) mass is 1060 g/mol. The van der Waals surface area contributed by atoms with Gasteiger partial charge in [-0.1, -0.05) is 51.3 Å². The minimum absolute atomic E-state index is 0.0149. The van der Waals surface area contributed by atoms with E-state index >= 15 is 0 Å². The Labute approximate surface area is 459 Å². The lowest BCUT2D eigenvalue weighted by Gasteiger charge is -2.64. The number of aliphatic hydroxyl groups is 2. The Morgan fingerprint density at radius 3 is 2.39 bits per heavy atom. The first-order chi connectivity index (χ1) is 36.3. The number of ether oxygens (including phenoxy) is 4. The van der Waals surface area contributed by atoms with Crippen molar-refractivity contribution < 1.29 is 53.4 Å². The van der Waals surface area contributed by atoms with Gasteiger partial charge >= 0.3 is 18.2 Å². The number of carbonyl (C=O) groups excluding carboxylic acids is 3. The van der Waals surface area contributed by atoms with Crippen molar-refractivity contribution in [2.45, 2.75) is 206 Å². The molecule has 0 aromatic heterocycles. The van der Waals surface area contributed by atoms with E-state index in [0.717, 1.165) is 69.9 Å². The second-order valence-electron chi connectivity index (χ2n) is 27.3. The van der Waals surface area contributed by atoms with Crippen LogP contribution in [0.4, 0.5) is 15.3 Å². The second-order valence-corrected chi connectivity index (χ2v) is 27.3. The van der Waals surface area contributed by atoms with E-state index in [0.29, 0.717) is 63.5 Å². The number of ketones is 1. The standard InChI is InChI=1S/C64H92N2O11/c1-11-26-64(73)27-25-49-46-20-16-41-34-44(67)19-21-45(41)55(46)47(38-62(49,64)8)40-14-17-43(18-15-40)66(10)31-33-75-60(6)28-29-61(7)42(37-60)35-52(76-58(72)74-32-12-30-65-57(71)77-59(3,4)5)56-50-23-22-48(39(2)13-24-54(69)70)63(50,9)53(68)36-51(56)61/h14-15,17-18,34,39,42,46-53,56,68,73H,12-13,16,19-25,27-33,35-38H2,1-10H3,(H,65,71)(H,69,70)/t39-,42-,46?,47+,48-,49?,50+,51+,52-,53+,56+,60+,61+,62+,63-,64-/m1/s1. The van der Waals surface area contributed by atoms with Gasteiger partial charge < -0.3 is 44.5 Å². The average molecular weight is 1070 g/mol. The van der Waals surface area contributed by atoms with Gasteiger partial charge in [-0.15, -0.1) is 5.92 Å². The van der Waals surface area contributed by atoms with Crippen molar-refractivity contribution in [2.75, 3.05) is 38.3 Å². The number of hydrogen-bond donors (Lipinski definition) is 4. The van der Waals surface area contributed by atoms with Crippen LogP contribution in [-0.2, 0) is 28.5 Å². The summed E-state index contributed by atoms with van der Waals surface area (Å²) in [6.45, 7) is 20.1. The Kier molecular flexibility index (Phi) is 16.3. The first kappa shape index (κ1) is 57.3. The van der Waals surface area contributed by atoms with Gasteiger partial charge in [0.25, 0.3) is 0 Å². The van der Waals surface area contributed by atoms with Gasteiger partial charge in [0.15, 0.2) is 5.78 Å². The number of aliphatic carboxylic acids is 1. The van der Waals surface area contributed by atoms with Crippen LogP contribution in [0.1, 0.15) is 183 Å². The largest absolute Gasteiger partial charge is 0.508 e. The fraction of sp³-hybridized carbons (Fsp3) is 0.750. The Hall–Kier alpha value is -4.38. The number of fused-ring (bicyclic) bond motifs is 9. The zero-order valence-electron chi connectivity index (χ0n) is 48.1. The van der Waals surface area contributed by atoms with Crippen molar-refractivity contribution in [3.63, 3.8) is 0 Å². The molecule has 9 rings (SSSR count). The van der Waals surface area contributed by atoms with E-state index in [1.54, 1.807) is 20.8 Å². The highest BCUT2D eigenvalue weighted by molar-refractivity contribution is 5.93. The number of amides is 1. The molecule has 4 N–H and O–H groups in total. The normalized spacial score (nSPS) is 38.4. The first-order valence-corrected chi connectivity index (χ1v) is 29.6. The number of carboxylic acid groups (broad SMARTS) is 1. The molecule has 13 heteroatoms. The molecule has 1 aromatic rings. The predicted octanol–water partition coefficient (Wildman–Crippen LogP) is 11.7. The van der Waals surface area contributed by atoms with Crippen LogP contribution in [0.2, 0.25) is 0 Å². The minimum atomic E-state index is -1.02. The minimum Gasteiger partial charge on any atom is -0.481 e. The maximum atomic E-state index is 13.7. The molecule has 0 spiro atoms. The van der Waals surface area contributed by atoms with Crippen molar-refractivity contribution in [2.24, 2.45) is 63.6 Å². The van der Waals surface area contributed by atoms with Crippen LogP contribution in [-0.4, -0.2) is 102 Å². The van der Waals surface area contributed by atoms with Crippen LogP contribution in [0.5, 0.6) is 0 Å². The number of hydrogen-bond acceptors (Lipinski definition) is 11. The number of rotatable bonds is 15. The van der Waals surface area contributed by atoms with E-state index in [-0.39, 0.29) is 77.6 Å². The van der Waals surface area contributed by atoms with Gasteiger partial charge in [-0.05, 0) is 218 Å². The number of nitrogens with one attached hydrogen (secondary N) is 1. The summed E-state index contributed by atoms with van der Waals surface area (Å²) in [4.78, 5) is 52.5. The SMILES string of the molecule is CC#C[C@@]1(O)CCC2C3CCC4=CC(=O)CCC4=C3[C@H](c3ccc(N(C)CCO[C@@]4(C)CC[C@@]5(C)[C@H](C[C@@H](OC(=O)OCCCNC(=O)OC(C)(C)C)[C@@H]6[C@@H]5C[C@H](O)[C@]5(C)[C@@H]([C@H](C)CCC(=O)O)CC[C@@H]65)C4)cc3)C[C@@]21C. The molecule has 0 saturated heterocycles. The molecule has 0 bridgehead atoms. The van der Waals surface area contributed by atoms with E-state index in [2.05, 4.69) is 88.0 Å². The fourth-order valence-corrected chi connectivity index (χ4v) is 17.9. The number of carbonyl (C=O) groups is 4. The topological polar surface area (TPSA) is 181 Å². The molecule has 6 saturated carbocycles. The van der Waals surface area contributed by atoms with Crippen LogP contribution in [0.15, 0.2) is 47.1 Å². The number of aliphatic hydroxyl groups excluding tert-OH is 1. The zero-order chi connectivity index (χ0) is 55.5. The summed E-state index contributed by atoms with van der Waals surface area (Å²) in [6.07, 6.45) is 12.2. The summed E-state index contributed by atoms with van der Waals surface area (Å²) in [7, 11) is 2.12. The molecule has 0 aliphatic heterocycles. The lowest BCUT2D eigenvalue weighted by Crippen LogP contribution is -2.63. The molecule has 8 aliphatic rings. The Balaban J connectivity index is 0.875. The van der Waals surface area contributed by atoms with Gasteiger partial charge in [-0.25, -0.2) is 9.59 Å². The van der Waals surface area contributed by atoms with Crippen LogP contribution >= 0.6 is 0 Å². The summed E-state index contributed by atoms with van der Waals surface area (Å²) in [5, 5.41) is 36.9. The number of anilines is 1. The lowest BCUT2D eigenvalue weighted by molar-refractivity contribution is -0.220. The third kappa shape index (κ3) is 11.0. The summed E-state index contributed by atoms with van der Waals surface area (Å²) >= 11 is 0. The number of carboxylic acids is 1. The quantitative estimate of drug-likeness (QED) is 0.0742. The van der Waals surface area contributed by atoms with E-state index in [4.69, 9.17) is 18.9 Å². The lowest BCUT2D eigenvalue weighted by atomic mass is 9.42. The van der Waals surface area contributed by atoms with Crippen molar-refractivity contribution in [1.29, 1.82) is 0 Å². The number of likely N-dealkylation sites (N-methyl/N-ethyl adjacent to an activating group) is 1. The number of alkyl carbamates (subject to hydrolysis) is 1. The molecule has 16 atom stereocenters. The molecule has 0 heterocycles. The van der Waals surface area contributed by atoms with Gasteiger partial charge in [-0.3, -0.25) is 9.59 Å². The maximum Gasteiger partial charge on any atom is 0.508 e. The van der Waals surface area contributed by atoms with Crippen molar-refractivity contribution in [3.05, 3.63) is 52.6 Å². The van der Waals surface area contributed by atoms with Crippen LogP contribution in [0, 0.1) is 75.4 Å². The molecule has 6 fully saturated rings. The molecule has 13 nitrogen and oxygen atoms in total. The number of allylic oxidation sites excluding steroid dienone is 4. The highest BCUT2D eigenvalue weighted by Gasteiger charge is 2.68. The summed E-state index contributed by atoms with van der Waals surface area (Å²) in [5.74, 6) is 7.33. The molecule has 424 valence electrons. The average Bonchev–Trinajstić information content (AvgIpc) is 4.08. The molecule has 1 amide bonds. The van der Waals surface area contributed by atoms with Gasteiger partial charge in [0.2, 0.25) is 0 Å². The Morgan fingerprint density at radius 2 is 1.68 bits per heavy atom. The van der Waals surface area contributed by atoms with E-state index in [9.17, 15) is 34.5 Å². The summed E-state index contributed by atoms with van der Waals surface area (Å²) < 4.78 is 24.5. The summed E-state index contributed by atoms with van der Waals surface area (Å²) in [6, 6.07) is 9.02. The molecular formula is C64H92N2O11. The first-order valence-electron chi connectivity index (χ1n) is 29.6. The molecule has 2 unspecified atom stereocenters. The predicted molar refractivity (Wildman–Crippen MR) is 296 cm³/mol. The Morgan fingerprint density at radius 1 is 0.922 bits per heavy atom.